The highest BCUT2D eigenvalue weighted by Crippen LogP contribution is 2.36. The maximum atomic E-state index is 12.8. The zero-order chi connectivity index (χ0) is 19.2. The first-order valence-electron chi connectivity index (χ1n) is 7.22. The molecule has 1 aromatic rings. The Hall–Kier alpha value is -1.84. The van der Waals surface area contributed by atoms with Gasteiger partial charge >= 0.3 is 6.18 Å². The van der Waals surface area contributed by atoms with E-state index in [1.807, 2.05) is 0 Å². The molecule has 0 fully saturated rings. The highest BCUT2D eigenvalue weighted by molar-refractivity contribution is 6.31. The Kier molecular flexibility index (Phi) is 7.65. The lowest BCUT2D eigenvalue weighted by Crippen LogP contribution is -2.38. The van der Waals surface area contributed by atoms with Crippen molar-refractivity contribution in [2.45, 2.75) is 18.7 Å². The first-order valence-corrected chi connectivity index (χ1v) is 7.59. The number of benzene rings is 1. The Labute approximate surface area is 148 Å². The summed E-state index contributed by atoms with van der Waals surface area (Å²) in [5, 5.41) is 1.83. The molecule has 0 aromatic heterocycles. The Morgan fingerprint density at radius 2 is 2.04 bits per heavy atom. The van der Waals surface area contributed by atoms with E-state index in [1.165, 1.54) is 20.2 Å². The topological polar surface area (TPSA) is 84.7 Å². The number of methoxy groups -OCH3 is 1. The number of rotatable bonds is 7. The van der Waals surface area contributed by atoms with Gasteiger partial charge in [0.05, 0.1) is 29.7 Å². The fourth-order valence-electron chi connectivity index (χ4n) is 1.94. The number of alkyl halides is 3. The van der Waals surface area contributed by atoms with Crippen LogP contribution < -0.4 is 11.1 Å². The maximum Gasteiger partial charge on any atom is 0.417 e. The molecule has 1 rings (SSSR count). The van der Waals surface area contributed by atoms with Gasteiger partial charge in [0.25, 0.3) is 0 Å². The number of nitrogens with one attached hydrogen (secondary N) is 1. The average Bonchev–Trinajstić information content (AvgIpc) is 2.52. The average molecular weight is 382 g/mol. The van der Waals surface area contributed by atoms with Crippen LogP contribution in [0.2, 0.25) is 5.02 Å². The molecule has 0 radical (unpaired) electrons. The Morgan fingerprint density at radius 1 is 1.40 bits per heavy atom. The number of nitrogens with zero attached hydrogens (tertiary/aromatic N) is 1. The van der Waals surface area contributed by atoms with Crippen LogP contribution >= 0.6 is 11.6 Å². The van der Waals surface area contributed by atoms with Crippen LogP contribution in [-0.2, 0) is 20.5 Å². The number of nitrogens with two attached hydrogens (primary N) is 1. The molecule has 140 valence electrons. The van der Waals surface area contributed by atoms with Gasteiger partial charge < -0.3 is 20.7 Å². The molecular weight excluding hydrogens is 363 g/mol. The number of halogens is 4. The van der Waals surface area contributed by atoms with Gasteiger partial charge in [0.1, 0.15) is 0 Å². The number of hydrogen-bond acceptors (Lipinski definition) is 4. The Morgan fingerprint density at radius 3 is 2.56 bits per heavy atom. The minimum Gasteiger partial charge on any atom is -0.380 e. The highest BCUT2D eigenvalue weighted by atomic mass is 35.5. The largest absolute Gasteiger partial charge is 0.417 e. The number of carbonyl (C=O) groups is 2. The number of likely N-dealkylation sites (N-methyl/N-ethyl adjacent to an activating group) is 1. The van der Waals surface area contributed by atoms with Gasteiger partial charge in [-0.05, 0) is 18.2 Å². The zero-order valence-electron chi connectivity index (χ0n) is 13.7. The van der Waals surface area contributed by atoms with Crippen molar-refractivity contribution in [3.8, 4) is 0 Å². The Bertz CT molecular complexity index is 622. The molecular formula is C15H19ClF3N3O3. The minimum atomic E-state index is -4.64. The third-order valence-corrected chi connectivity index (χ3v) is 3.69. The van der Waals surface area contributed by atoms with Gasteiger partial charge in [0, 0.05) is 26.4 Å². The molecule has 0 spiro atoms. The van der Waals surface area contributed by atoms with E-state index in [9.17, 15) is 22.8 Å². The van der Waals surface area contributed by atoms with Crippen molar-refractivity contribution < 1.29 is 27.5 Å². The molecule has 10 heteroatoms. The summed E-state index contributed by atoms with van der Waals surface area (Å²) in [5.41, 5.74) is 4.30. The van der Waals surface area contributed by atoms with Gasteiger partial charge in [0.15, 0.2) is 0 Å². The van der Waals surface area contributed by atoms with Crippen LogP contribution in [0.15, 0.2) is 18.2 Å². The summed E-state index contributed by atoms with van der Waals surface area (Å²) >= 11 is 5.51. The van der Waals surface area contributed by atoms with Crippen molar-refractivity contribution in [2.24, 2.45) is 5.73 Å². The van der Waals surface area contributed by atoms with Crippen molar-refractivity contribution in [3.05, 3.63) is 28.8 Å². The van der Waals surface area contributed by atoms with Crippen LogP contribution in [0.25, 0.3) is 0 Å². The first-order chi connectivity index (χ1) is 11.6. The third kappa shape index (κ3) is 6.52. The molecule has 0 bridgehead atoms. The number of amides is 2. The highest BCUT2D eigenvalue weighted by Gasteiger charge is 2.33. The summed E-state index contributed by atoms with van der Waals surface area (Å²) < 4.78 is 43.4. The van der Waals surface area contributed by atoms with E-state index < -0.39 is 28.8 Å². The predicted octanol–water partition coefficient (Wildman–Crippen LogP) is 2.12. The molecule has 0 aliphatic carbocycles. The summed E-state index contributed by atoms with van der Waals surface area (Å²) in [7, 11) is 2.81. The van der Waals surface area contributed by atoms with Crippen molar-refractivity contribution in [1.29, 1.82) is 0 Å². The second kappa shape index (κ2) is 9.02. The number of hydrogen-bond donors (Lipinski definition) is 2. The van der Waals surface area contributed by atoms with Gasteiger partial charge in [-0.1, -0.05) is 11.6 Å². The van der Waals surface area contributed by atoms with E-state index in [4.69, 9.17) is 22.1 Å². The van der Waals surface area contributed by atoms with Crippen molar-refractivity contribution in [2.75, 3.05) is 32.6 Å². The van der Waals surface area contributed by atoms with Crippen LogP contribution in [0.1, 0.15) is 12.0 Å². The molecule has 25 heavy (non-hydrogen) atoms. The molecule has 0 aliphatic heterocycles. The normalized spacial score (nSPS) is 12.6. The fraction of sp³-hybridized carbons (Fsp3) is 0.467. The van der Waals surface area contributed by atoms with E-state index in [2.05, 4.69) is 5.32 Å². The molecule has 3 N–H and O–H groups in total. The Balaban J connectivity index is 2.69. The van der Waals surface area contributed by atoms with Crippen LogP contribution in [-0.4, -0.2) is 50.1 Å². The molecule has 2 amide bonds. The summed E-state index contributed by atoms with van der Waals surface area (Å²) in [4.78, 5) is 25.0. The lowest BCUT2D eigenvalue weighted by atomic mass is 10.2. The van der Waals surface area contributed by atoms with Gasteiger partial charge in [-0.3, -0.25) is 9.59 Å². The summed E-state index contributed by atoms with van der Waals surface area (Å²) in [5.74, 6) is -1.02. The summed E-state index contributed by atoms with van der Waals surface area (Å²) in [6.07, 6.45) is -5.11. The third-order valence-electron chi connectivity index (χ3n) is 3.36. The first kappa shape index (κ1) is 21.2. The van der Waals surface area contributed by atoms with E-state index in [1.54, 1.807) is 0 Å². The van der Waals surface area contributed by atoms with Crippen LogP contribution in [0, 0.1) is 0 Å². The lowest BCUT2D eigenvalue weighted by molar-refractivity contribution is -0.137. The second-order valence-corrected chi connectivity index (χ2v) is 5.70. The van der Waals surface area contributed by atoms with E-state index >= 15 is 0 Å². The quantitative estimate of drug-likeness (QED) is 0.757. The van der Waals surface area contributed by atoms with Gasteiger partial charge in [0.2, 0.25) is 11.8 Å². The maximum absolute atomic E-state index is 12.8. The van der Waals surface area contributed by atoms with Crippen molar-refractivity contribution in [1.82, 2.24) is 4.90 Å². The van der Waals surface area contributed by atoms with E-state index in [0.29, 0.717) is 0 Å². The molecule has 6 nitrogen and oxygen atoms in total. The van der Waals surface area contributed by atoms with Crippen LogP contribution in [0.3, 0.4) is 0 Å². The smallest absolute Gasteiger partial charge is 0.380 e. The molecule has 0 aliphatic rings. The van der Waals surface area contributed by atoms with Crippen LogP contribution in [0.4, 0.5) is 18.9 Å². The molecule has 0 saturated carbocycles. The molecule has 1 aromatic carbocycles. The SMILES string of the molecule is COC(CN)CC(=O)N(C)CC(=O)Nc1ccc(Cl)c(C(F)(F)F)c1. The molecule has 1 unspecified atom stereocenters. The number of carbonyl (C=O) groups excluding carboxylic acids is 2. The zero-order valence-corrected chi connectivity index (χ0v) is 14.4. The minimum absolute atomic E-state index is 0.00402. The molecule has 0 saturated heterocycles. The second-order valence-electron chi connectivity index (χ2n) is 5.29. The fourth-order valence-corrected chi connectivity index (χ4v) is 2.16. The van der Waals surface area contributed by atoms with Gasteiger partial charge in [-0.15, -0.1) is 0 Å². The number of ether oxygens (including phenoxy) is 1. The van der Waals surface area contributed by atoms with Gasteiger partial charge in [-0.2, -0.15) is 13.2 Å². The van der Waals surface area contributed by atoms with E-state index in [-0.39, 0.29) is 31.1 Å². The standard InChI is InChI=1S/C15H19ClF3N3O3/c1-22(14(24)6-10(7-20)25-2)8-13(23)21-9-3-4-12(16)11(5-9)15(17,18)19/h3-5,10H,6-8,20H2,1-2H3,(H,21,23). The predicted molar refractivity (Wildman–Crippen MR) is 87.2 cm³/mol. The van der Waals surface area contributed by atoms with Crippen molar-refractivity contribution in [3.63, 3.8) is 0 Å². The molecule has 1 atom stereocenters. The lowest BCUT2D eigenvalue weighted by Gasteiger charge is -2.20. The van der Waals surface area contributed by atoms with Crippen LogP contribution in [0.5, 0.6) is 0 Å². The number of anilines is 1. The van der Waals surface area contributed by atoms with Gasteiger partial charge in [-0.25, -0.2) is 0 Å². The van der Waals surface area contributed by atoms with Crippen molar-refractivity contribution >= 4 is 29.1 Å². The summed E-state index contributed by atoms with van der Waals surface area (Å²) in [6.45, 7) is -0.183. The monoisotopic (exact) mass is 381 g/mol. The summed E-state index contributed by atoms with van der Waals surface area (Å²) in [6, 6.07) is 3.02. The van der Waals surface area contributed by atoms with E-state index in [0.717, 1.165) is 17.0 Å². The molecule has 0 heterocycles.